The van der Waals surface area contributed by atoms with Crippen molar-refractivity contribution < 1.29 is 19.1 Å². The largest absolute Gasteiger partial charge is 0.477 e. The summed E-state index contributed by atoms with van der Waals surface area (Å²) in [6, 6.07) is 17.0. The molecule has 2 fully saturated rings. The summed E-state index contributed by atoms with van der Waals surface area (Å²) >= 11 is 1.33. The number of halogens is 1. The SMILES string of the molecule is CCN(CC)C1CCN(C(=O)Cn2c(-c3ccc(-c4ccccc4F)cc3)c(C3CCCCC3)c3sc(C(=O)O)cc32)CC1. The Morgan fingerprint density at radius 3 is 2.23 bits per heavy atom. The van der Waals surface area contributed by atoms with Crippen LogP contribution >= 0.6 is 11.3 Å². The normalized spacial score (nSPS) is 16.7. The summed E-state index contributed by atoms with van der Waals surface area (Å²) in [6.07, 6.45) is 7.52. The Bertz CT molecular complexity index is 1620. The first-order valence-electron chi connectivity index (χ1n) is 16.2. The van der Waals surface area contributed by atoms with Gasteiger partial charge in [-0.3, -0.25) is 4.79 Å². The highest BCUT2D eigenvalue weighted by Gasteiger charge is 2.31. The molecule has 8 heteroatoms. The van der Waals surface area contributed by atoms with Crippen molar-refractivity contribution in [1.82, 2.24) is 14.4 Å². The predicted octanol–water partition coefficient (Wildman–Crippen LogP) is 8.25. The number of nitrogens with zero attached hydrogens (tertiary/aromatic N) is 3. The van der Waals surface area contributed by atoms with Gasteiger partial charge in [0.2, 0.25) is 5.91 Å². The topological polar surface area (TPSA) is 65.8 Å². The summed E-state index contributed by atoms with van der Waals surface area (Å²) in [5, 5.41) is 9.93. The van der Waals surface area contributed by atoms with E-state index in [1.54, 1.807) is 18.2 Å². The van der Waals surface area contributed by atoms with E-state index in [9.17, 15) is 19.1 Å². The number of fused-ring (bicyclic) bond motifs is 1. The first-order valence-corrected chi connectivity index (χ1v) is 17.0. The maximum Gasteiger partial charge on any atom is 0.345 e. The number of hydrogen-bond donors (Lipinski definition) is 1. The zero-order chi connectivity index (χ0) is 30.8. The fraction of sp³-hybridized carbons (Fsp3) is 0.444. The number of hydrogen-bond acceptors (Lipinski definition) is 4. The van der Waals surface area contributed by atoms with Crippen LogP contribution in [0.4, 0.5) is 4.39 Å². The van der Waals surface area contributed by atoms with Gasteiger partial charge in [-0.2, -0.15) is 0 Å². The fourth-order valence-corrected chi connectivity index (χ4v) is 8.58. The predicted molar refractivity (Wildman–Crippen MR) is 176 cm³/mol. The number of carbonyl (C=O) groups excluding carboxylic acids is 1. The Morgan fingerprint density at radius 1 is 0.932 bits per heavy atom. The molecule has 3 heterocycles. The monoisotopic (exact) mass is 615 g/mol. The molecule has 44 heavy (non-hydrogen) atoms. The van der Waals surface area contributed by atoms with Gasteiger partial charge in [0.1, 0.15) is 17.2 Å². The molecule has 4 aromatic rings. The van der Waals surface area contributed by atoms with Crippen LogP contribution in [0.25, 0.3) is 32.6 Å². The van der Waals surface area contributed by atoms with Gasteiger partial charge >= 0.3 is 5.97 Å². The quantitative estimate of drug-likeness (QED) is 0.206. The van der Waals surface area contributed by atoms with Gasteiger partial charge in [-0.15, -0.1) is 11.3 Å². The standard InChI is InChI=1S/C36H42FN3O3S/c1-3-38(4-2)27-18-20-39(21-19-27)32(41)23-40-30-22-31(36(42)43)44-35(30)33(25-10-6-5-7-11-25)34(40)26-16-14-24(15-17-26)28-12-8-9-13-29(28)37/h8-9,12-17,22,25,27H,3-7,10-11,18-21,23H2,1-2H3,(H,42,43). The van der Waals surface area contributed by atoms with Gasteiger partial charge in [0, 0.05) is 24.7 Å². The number of thiophene rings is 1. The average Bonchev–Trinajstić information content (AvgIpc) is 3.61. The smallest absolute Gasteiger partial charge is 0.345 e. The Balaban J connectivity index is 1.41. The number of carboxylic acids is 1. The van der Waals surface area contributed by atoms with Gasteiger partial charge in [-0.25, -0.2) is 9.18 Å². The minimum Gasteiger partial charge on any atom is -0.477 e. The molecule has 6 rings (SSSR count). The van der Waals surface area contributed by atoms with Crippen molar-refractivity contribution in [3.8, 4) is 22.4 Å². The molecule has 1 N–H and O–H groups in total. The second kappa shape index (κ2) is 13.2. The first kappa shape index (κ1) is 30.5. The van der Waals surface area contributed by atoms with E-state index in [1.807, 2.05) is 35.2 Å². The summed E-state index contributed by atoms with van der Waals surface area (Å²) in [5.41, 5.74) is 5.32. The molecule has 2 aromatic heterocycles. The van der Waals surface area contributed by atoms with Crippen molar-refractivity contribution in [3.05, 3.63) is 70.9 Å². The van der Waals surface area contributed by atoms with Gasteiger partial charge in [-0.1, -0.05) is 75.6 Å². The van der Waals surface area contributed by atoms with Crippen molar-refractivity contribution in [2.45, 2.75) is 77.3 Å². The van der Waals surface area contributed by atoms with Crippen molar-refractivity contribution in [2.24, 2.45) is 0 Å². The molecule has 0 bridgehead atoms. The Morgan fingerprint density at radius 2 is 1.59 bits per heavy atom. The number of likely N-dealkylation sites (tertiary alicyclic amines) is 1. The van der Waals surface area contributed by atoms with Crippen molar-refractivity contribution >= 4 is 33.4 Å². The number of aromatic nitrogens is 1. The molecule has 0 unspecified atom stereocenters. The number of amides is 1. The van der Waals surface area contributed by atoms with Gasteiger partial charge in [-0.05, 0) is 73.5 Å². The lowest BCUT2D eigenvalue weighted by molar-refractivity contribution is -0.133. The van der Waals surface area contributed by atoms with E-state index in [2.05, 4.69) is 23.3 Å². The maximum absolute atomic E-state index is 14.6. The highest BCUT2D eigenvalue weighted by Crippen LogP contribution is 2.47. The van der Waals surface area contributed by atoms with Crippen LogP contribution in [0.15, 0.2) is 54.6 Å². The average molecular weight is 616 g/mol. The highest BCUT2D eigenvalue weighted by atomic mass is 32.1. The van der Waals surface area contributed by atoms with E-state index < -0.39 is 5.97 Å². The molecule has 1 amide bonds. The van der Waals surface area contributed by atoms with Gasteiger partial charge in [0.05, 0.1) is 15.9 Å². The van der Waals surface area contributed by atoms with Crippen LogP contribution in [0.2, 0.25) is 0 Å². The third-order valence-electron chi connectivity index (χ3n) is 9.78. The zero-order valence-corrected chi connectivity index (χ0v) is 26.5. The van der Waals surface area contributed by atoms with Crippen LogP contribution in [0, 0.1) is 5.82 Å². The van der Waals surface area contributed by atoms with Crippen LogP contribution in [0.1, 0.15) is 79.9 Å². The summed E-state index contributed by atoms with van der Waals surface area (Å²) in [5.74, 6) is -0.826. The van der Waals surface area contributed by atoms with Gasteiger partial charge in [0.15, 0.2) is 0 Å². The lowest BCUT2D eigenvalue weighted by atomic mass is 9.83. The highest BCUT2D eigenvalue weighted by molar-refractivity contribution is 7.21. The molecular formula is C36H42FN3O3S. The third-order valence-corrected chi connectivity index (χ3v) is 10.9. The zero-order valence-electron chi connectivity index (χ0n) is 25.7. The molecule has 1 aliphatic heterocycles. The number of rotatable bonds is 9. The first-order chi connectivity index (χ1) is 21.4. The minimum absolute atomic E-state index is 0.0717. The molecule has 0 atom stereocenters. The Labute approximate surface area is 263 Å². The molecular weight excluding hydrogens is 573 g/mol. The maximum atomic E-state index is 14.6. The van der Waals surface area contributed by atoms with E-state index in [-0.39, 0.29) is 18.3 Å². The van der Waals surface area contributed by atoms with Gasteiger partial charge < -0.3 is 19.5 Å². The number of piperidine rings is 1. The third kappa shape index (κ3) is 5.94. The molecule has 232 valence electrons. The van der Waals surface area contributed by atoms with Crippen LogP contribution in [-0.2, 0) is 11.3 Å². The van der Waals surface area contributed by atoms with E-state index >= 15 is 0 Å². The molecule has 2 aromatic carbocycles. The minimum atomic E-state index is -0.937. The number of carbonyl (C=O) groups is 2. The molecule has 0 radical (unpaired) electrons. The summed E-state index contributed by atoms with van der Waals surface area (Å²) in [6.45, 7) is 8.05. The van der Waals surface area contributed by atoms with Crippen molar-refractivity contribution in [3.63, 3.8) is 0 Å². The van der Waals surface area contributed by atoms with Crippen LogP contribution in [-0.4, -0.2) is 63.6 Å². The van der Waals surface area contributed by atoms with Gasteiger partial charge in [0.25, 0.3) is 0 Å². The van der Waals surface area contributed by atoms with E-state index in [0.717, 1.165) is 91.7 Å². The lowest BCUT2D eigenvalue weighted by Crippen LogP contribution is -2.47. The van der Waals surface area contributed by atoms with Crippen LogP contribution in [0.3, 0.4) is 0 Å². The Kier molecular flexibility index (Phi) is 9.19. The summed E-state index contributed by atoms with van der Waals surface area (Å²) < 4.78 is 17.7. The second-order valence-corrected chi connectivity index (χ2v) is 13.3. The molecule has 1 aliphatic carbocycles. The van der Waals surface area contributed by atoms with Crippen molar-refractivity contribution in [2.75, 3.05) is 26.2 Å². The fourth-order valence-electron chi connectivity index (χ4n) is 7.46. The van der Waals surface area contributed by atoms with E-state index in [0.29, 0.717) is 22.4 Å². The number of aromatic carboxylic acids is 1. The van der Waals surface area contributed by atoms with Crippen molar-refractivity contribution in [1.29, 1.82) is 0 Å². The van der Waals surface area contributed by atoms with Crippen LogP contribution in [0.5, 0.6) is 0 Å². The van der Waals surface area contributed by atoms with Crippen LogP contribution < -0.4 is 0 Å². The number of benzene rings is 2. The summed E-state index contributed by atoms with van der Waals surface area (Å²) in [4.78, 5) is 30.8. The number of carboxylic acid groups (broad SMARTS) is 1. The van der Waals surface area contributed by atoms with E-state index in [1.165, 1.54) is 29.4 Å². The lowest BCUT2D eigenvalue weighted by Gasteiger charge is -2.37. The second-order valence-electron chi connectivity index (χ2n) is 12.2. The molecule has 0 spiro atoms. The van der Waals surface area contributed by atoms with E-state index in [4.69, 9.17) is 0 Å². The Hall–Kier alpha value is -3.49. The molecule has 1 saturated carbocycles. The molecule has 6 nitrogen and oxygen atoms in total. The molecule has 2 aliphatic rings. The summed E-state index contributed by atoms with van der Waals surface area (Å²) in [7, 11) is 0. The molecule has 1 saturated heterocycles.